The first-order valence-electron chi connectivity index (χ1n) is 6.17. The number of ether oxygens (including phenoxy) is 2. The number of hydrogen-bond donors (Lipinski definition) is 0. The molecule has 1 rings (SSSR count). The number of aryl methyl sites for hydroxylation is 1. The van der Waals surface area contributed by atoms with Crippen molar-refractivity contribution in [3.63, 3.8) is 0 Å². The fourth-order valence-electron chi connectivity index (χ4n) is 1.88. The standard InChI is InChI=1S/C12H16N2O8/c1-8-4-11(19-2)12(20-3)6-9(8)5-10(22-14(17)18)7-21-13(15)16/h4,6,10H,5,7H2,1-3H3. The Morgan fingerprint density at radius 2 is 1.68 bits per heavy atom. The first kappa shape index (κ1) is 17.3. The van der Waals surface area contributed by atoms with Gasteiger partial charge in [0.15, 0.2) is 11.5 Å². The molecule has 0 heterocycles. The van der Waals surface area contributed by atoms with Crippen molar-refractivity contribution in [3.05, 3.63) is 43.5 Å². The molecule has 0 aliphatic heterocycles. The lowest BCUT2D eigenvalue weighted by Crippen LogP contribution is -2.27. The second kappa shape index (κ2) is 7.86. The van der Waals surface area contributed by atoms with Crippen LogP contribution >= 0.6 is 0 Å². The van der Waals surface area contributed by atoms with Crippen molar-refractivity contribution in [2.24, 2.45) is 0 Å². The van der Waals surface area contributed by atoms with E-state index in [-0.39, 0.29) is 6.42 Å². The van der Waals surface area contributed by atoms with E-state index in [9.17, 15) is 20.2 Å². The molecule has 1 unspecified atom stereocenters. The average Bonchev–Trinajstić information content (AvgIpc) is 2.45. The summed E-state index contributed by atoms with van der Waals surface area (Å²) in [4.78, 5) is 29.2. The van der Waals surface area contributed by atoms with E-state index < -0.39 is 22.9 Å². The van der Waals surface area contributed by atoms with Gasteiger partial charge in [-0.3, -0.25) is 0 Å². The Labute approximate surface area is 125 Å². The molecule has 0 aliphatic rings. The van der Waals surface area contributed by atoms with Gasteiger partial charge < -0.3 is 19.1 Å². The molecule has 0 saturated carbocycles. The van der Waals surface area contributed by atoms with Crippen molar-refractivity contribution in [2.75, 3.05) is 20.8 Å². The quantitative estimate of drug-likeness (QED) is 0.494. The van der Waals surface area contributed by atoms with Crippen molar-refractivity contribution in [1.29, 1.82) is 0 Å². The number of benzene rings is 1. The molecule has 0 radical (unpaired) electrons. The molecule has 10 heteroatoms. The molecule has 122 valence electrons. The van der Waals surface area contributed by atoms with Crippen LogP contribution in [0.3, 0.4) is 0 Å². The van der Waals surface area contributed by atoms with E-state index in [1.165, 1.54) is 14.2 Å². The van der Waals surface area contributed by atoms with Gasteiger partial charge in [0.25, 0.3) is 10.2 Å². The van der Waals surface area contributed by atoms with E-state index in [0.29, 0.717) is 17.1 Å². The first-order chi connectivity index (χ1) is 10.4. The highest BCUT2D eigenvalue weighted by molar-refractivity contribution is 5.47. The second-order valence-electron chi connectivity index (χ2n) is 4.31. The molecule has 0 bridgehead atoms. The normalized spacial score (nSPS) is 11.4. The molecule has 0 aromatic heterocycles. The monoisotopic (exact) mass is 316 g/mol. The molecule has 0 N–H and O–H groups in total. The minimum absolute atomic E-state index is 0.0427. The van der Waals surface area contributed by atoms with Gasteiger partial charge in [-0.25, -0.2) is 0 Å². The van der Waals surface area contributed by atoms with Gasteiger partial charge in [0.05, 0.1) is 14.2 Å². The summed E-state index contributed by atoms with van der Waals surface area (Å²) in [7, 11) is 2.94. The van der Waals surface area contributed by atoms with Crippen LogP contribution in [0.2, 0.25) is 0 Å². The van der Waals surface area contributed by atoms with Gasteiger partial charge >= 0.3 is 0 Å². The maximum absolute atomic E-state index is 10.5. The van der Waals surface area contributed by atoms with Crippen LogP contribution in [0, 0.1) is 27.2 Å². The van der Waals surface area contributed by atoms with Crippen molar-refractivity contribution in [3.8, 4) is 11.5 Å². The fraction of sp³-hybridized carbons (Fsp3) is 0.500. The molecule has 1 atom stereocenters. The topological polar surface area (TPSA) is 123 Å². The zero-order chi connectivity index (χ0) is 16.7. The van der Waals surface area contributed by atoms with Crippen molar-refractivity contribution in [1.82, 2.24) is 0 Å². The molecular formula is C12H16N2O8. The van der Waals surface area contributed by atoms with E-state index >= 15 is 0 Å². The fourth-order valence-corrected chi connectivity index (χ4v) is 1.88. The van der Waals surface area contributed by atoms with Gasteiger partial charge in [0, 0.05) is 6.42 Å². The minimum atomic E-state index is -1.11. The number of nitrogens with zero attached hydrogens (tertiary/aromatic N) is 2. The van der Waals surface area contributed by atoms with Crippen molar-refractivity contribution in [2.45, 2.75) is 19.4 Å². The molecule has 22 heavy (non-hydrogen) atoms. The molecule has 0 saturated heterocycles. The maximum Gasteiger partial charge on any atom is 0.294 e. The van der Waals surface area contributed by atoms with Gasteiger partial charge in [-0.1, -0.05) is 0 Å². The van der Waals surface area contributed by atoms with Crippen LogP contribution in [-0.4, -0.2) is 37.1 Å². The van der Waals surface area contributed by atoms with Crippen LogP contribution in [0.25, 0.3) is 0 Å². The molecule has 0 aliphatic carbocycles. The van der Waals surface area contributed by atoms with Gasteiger partial charge in [-0.2, -0.15) is 0 Å². The van der Waals surface area contributed by atoms with E-state index in [2.05, 4.69) is 9.68 Å². The Bertz CT molecular complexity index is 548. The smallest absolute Gasteiger partial charge is 0.294 e. The van der Waals surface area contributed by atoms with Crippen LogP contribution in [0.1, 0.15) is 11.1 Å². The molecular weight excluding hydrogens is 300 g/mol. The van der Waals surface area contributed by atoms with Crippen LogP contribution in [0.15, 0.2) is 12.1 Å². The number of hydrogen-bond acceptors (Lipinski definition) is 8. The predicted octanol–water partition coefficient (Wildman–Crippen LogP) is 1.34. The summed E-state index contributed by atoms with van der Waals surface area (Å²) in [5.74, 6) is 0.954. The lowest BCUT2D eigenvalue weighted by molar-refractivity contribution is -0.789. The average molecular weight is 316 g/mol. The number of rotatable bonds is 9. The summed E-state index contributed by atoms with van der Waals surface area (Å²) >= 11 is 0. The largest absolute Gasteiger partial charge is 0.493 e. The maximum atomic E-state index is 10.5. The highest BCUT2D eigenvalue weighted by atomic mass is 17.0. The SMILES string of the molecule is COc1cc(C)c(CC(CO[N+](=O)[O-])O[N+](=O)[O-])cc1OC. The lowest BCUT2D eigenvalue weighted by Gasteiger charge is -2.17. The molecule has 0 amide bonds. The third-order valence-corrected chi connectivity index (χ3v) is 2.89. The van der Waals surface area contributed by atoms with Crippen LogP contribution in [0.4, 0.5) is 0 Å². The van der Waals surface area contributed by atoms with Gasteiger partial charge in [-0.05, 0) is 30.2 Å². The molecule has 0 fully saturated rings. The zero-order valence-corrected chi connectivity index (χ0v) is 12.3. The highest BCUT2D eigenvalue weighted by Crippen LogP contribution is 2.31. The van der Waals surface area contributed by atoms with Gasteiger partial charge in [-0.15, -0.1) is 20.2 Å². The predicted molar refractivity (Wildman–Crippen MR) is 72.8 cm³/mol. The van der Waals surface area contributed by atoms with E-state index in [4.69, 9.17) is 9.47 Å². The molecule has 1 aromatic carbocycles. The second-order valence-corrected chi connectivity index (χ2v) is 4.31. The summed E-state index contributed by atoms with van der Waals surface area (Å²) < 4.78 is 10.3. The zero-order valence-electron chi connectivity index (χ0n) is 12.3. The first-order valence-corrected chi connectivity index (χ1v) is 6.17. The summed E-state index contributed by atoms with van der Waals surface area (Å²) in [6.45, 7) is 1.22. The summed E-state index contributed by atoms with van der Waals surface area (Å²) in [6, 6.07) is 3.34. The Hall–Kier alpha value is -2.78. The minimum Gasteiger partial charge on any atom is -0.493 e. The Morgan fingerprint density at radius 1 is 1.09 bits per heavy atom. The van der Waals surface area contributed by atoms with Crippen molar-refractivity contribution >= 4 is 0 Å². The molecule has 1 aromatic rings. The van der Waals surface area contributed by atoms with E-state index in [1.807, 2.05) is 0 Å². The third-order valence-electron chi connectivity index (χ3n) is 2.89. The Balaban J connectivity index is 2.95. The van der Waals surface area contributed by atoms with Crippen LogP contribution in [-0.2, 0) is 16.1 Å². The summed E-state index contributed by atoms with van der Waals surface area (Å²) in [5.41, 5.74) is 1.44. The van der Waals surface area contributed by atoms with Gasteiger partial charge in [0.1, 0.15) is 12.7 Å². The molecule has 10 nitrogen and oxygen atoms in total. The number of methoxy groups -OCH3 is 2. The summed E-state index contributed by atoms with van der Waals surface area (Å²) in [6.07, 6.45) is -1.07. The van der Waals surface area contributed by atoms with Crippen molar-refractivity contribution < 1.29 is 29.3 Å². The highest BCUT2D eigenvalue weighted by Gasteiger charge is 2.19. The van der Waals surface area contributed by atoms with Crippen LogP contribution < -0.4 is 9.47 Å². The Morgan fingerprint density at radius 3 is 2.18 bits per heavy atom. The Kier molecular flexibility index (Phi) is 6.17. The third kappa shape index (κ3) is 4.96. The van der Waals surface area contributed by atoms with Crippen LogP contribution in [0.5, 0.6) is 11.5 Å². The van der Waals surface area contributed by atoms with E-state index in [1.54, 1.807) is 19.1 Å². The van der Waals surface area contributed by atoms with E-state index in [0.717, 1.165) is 5.56 Å². The lowest BCUT2D eigenvalue weighted by atomic mass is 10.0. The summed E-state index contributed by atoms with van der Waals surface area (Å²) in [5, 5.41) is 18.6. The van der Waals surface area contributed by atoms with Gasteiger partial charge in [0.2, 0.25) is 0 Å². The molecule has 0 spiro atoms.